The minimum absolute atomic E-state index is 0.0585. The second kappa shape index (κ2) is 8.19. The van der Waals surface area contributed by atoms with Crippen molar-refractivity contribution in [3.8, 4) is 0 Å². The molecule has 2 aliphatic rings. The summed E-state index contributed by atoms with van der Waals surface area (Å²) < 4.78 is 13.6. The molecule has 2 aromatic carbocycles. The van der Waals surface area contributed by atoms with Gasteiger partial charge in [0.2, 0.25) is 5.91 Å². The predicted octanol–water partition coefficient (Wildman–Crippen LogP) is 4.08. The SMILES string of the molecule is O=C(/C=C/c1ccc(C(=O)NC2CC2)cc1)NC1CCSc2ccc(F)cc21. The van der Waals surface area contributed by atoms with Gasteiger partial charge in [-0.25, -0.2) is 4.39 Å². The first kappa shape index (κ1) is 18.7. The molecular weight excluding hydrogens is 375 g/mol. The van der Waals surface area contributed by atoms with Crippen LogP contribution < -0.4 is 10.6 Å². The average molecular weight is 396 g/mol. The van der Waals surface area contributed by atoms with Gasteiger partial charge in [0.05, 0.1) is 6.04 Å². The van der Waals surface area contributed by atoms with E-state index >= 15 is 0 Å². The van der Waals surface area contributed by atoms with Crippen molar-refractivity contribution >= 4 is 29.7 Å². The topological polar surface area (TPSA) is 58.2 Å². The smallest absolute Gasteiger partial charge is 0.251 e. The van der Waals surface area contributed by atoms with Crippen LogP contribution in [0.2, 0.25) is 0 Å². The summed E-state index contributed by atoms with van der Waals surface area (Å²) in [4.78, 5) is 25.3. The highest BCUT2D eigenvalue weighted by Crippen LogP contribution is 2.36. The minimum atomic E-state index is -0.290. The van der Waals surface area contributed by atoms with Gasteiger partial charge in [-0.15, -0.1) is 11.8 Å². The van der Waals surface area contributed by atoms with E-state index in [-0.39, 0.29) is 23.7 Å². The van der Waals surface area contributed by atoms with Gasteiger partial charge in [0, 0.05) is 28.3 Å². The molecule has 1 atom stereocenters. The van der Waals surface area contributed by atoms with Crippen LogP contribution in [0.4, 0.5) is 4.39 Å². The molecule has 6 heteroatoms. The van der Waals surface area contributed by atoms with Crippen LogP contribution in [0.15, 0.2) is 53.4 Å². The second-order valence-electron chi connectivity index (χ2n) is 7.08. The average Bonchev–Trinajstić information content (AvgIpc) is 3.51. The fraction of sp³-hybridized carbons (Fsp3) is 0.273. The summed E-state index contributed by atoms with van der Waals surface area (Å²) >= 11 is 1.68. The van der Waals surface area contributed by atoms with Crippen LogP contribution in [0.25, 0.3) is 6.08 Å². The van der Waals surface area contributed by atoms with Crippen LogP contribution in [0.5, 0.6) is 0 Å². The van der Waals surface area contributed by atoms with Crippen LogP contribution in [0.1, 0.15) is 46.8 Å². The lowest BCUT2D eigenvalue weighted by Gasteiger charge is -2.25. The van der Waals surface area contributed by atoms with Gasteiger partial charge in [0.15, 0.2) is 0 Å². The quantitative estimate of drug-likeness (QED) is 0.749. The Hall–Kier alpha value is -2.60. The summed E-state index contributed by atoms with van der Waals surface area (Å²) in [5.41, 5.74) is 2.29. The lowest BCUT2D eigenvalue weighted by molar-refractivity contribution is -0.117. The fourth-order valence-corrected chi connectivity index (χ4v) is 4.25. The van der Waals surface area contributed by atoms with E-state index in [0.717, 1.165) is 41.0 Å². The van der Waals surface area contributed by atoms with Crippen molar-refractivity contribution in [3.63, 3.8) is 0 Å². The van der Waals surface area contributed by atoms with Crippen LogP contribution in [-0.4, -0.2) is 23.6 Å². The molecule has 1 saturated carbocycles. The molecule has 1 aliphatic carbocycles. The van der Waals surface area contributed by atoms with Crippen molar-refractivity contribution in [2.24, 2.45) is 0 Å². The fourth-order valence-electron chi connectivity index (χ4n) is 3.15. The van der Waals surface area contributed by atoms with E-state index in [4.69, 9.17) is 0 Å². The molecule has 1 unspecified atom stereocenters. The van der Waals surface area contributed by atoms with Gasteiger partial charge in [-0.05, 0) is 66.8 Å². The van der Waals surface area contributed by atoms with E-state index in [1.807, 2.05) is 12.1 Å². The Morgan fingerprint density at radius 2 is 1.82 bits per heavy atom. The molecule has 2 amide bonds. The van der Waals surface area contributed by atoms with E-state index in [9.17, 15) is 14.0 Å². The lowest BCUT2D eigenvalue weighted by atomic mass is 10.0. The van der Waals surface area contributed by atoms with Crippen LogP contribution >= 0.6 is 11.8 Å². The maximum atomic E-state index is 13.6. The molecule has 4 nitrogen and oxygen atoms in total. The number of amides is 2. The molecule has 0 saturated heterocycles. The number of rotatable bonds is 5. The normalized spacial score (nSPS) is 18.5. The second-order valence-corrected chi connectivity index (χ2v) is 8.22. The molecule has 0 aromatic heterocycles. The highest BCUT2D eigenvalue weighted by Gasteiger charge is 2.24. The van der Waals surface area contributed by atoms with Crippen molar-refractivity contribution in [2.75, 3.05) is 5.75 Å². The minimum Gasteiger partial charge on any atom is -0.349 e. The van der Waals surface area contributed by atoms with Gasteiger partial charge in [-0.3, -0.25) is 9.59 Å². The van der Waals surface area contributed by atoms with Crippen LogP contribution in [0.3, 0.4) is 0 Å². The number of fused-ring (bicyclic) bond motifs is 1. The Bertz CT molecular complexity index is 923. The maximum absolute atomic E-state index is 13.6. The molecule has 1 fully saturated rings. The summed E-state index contributed by atoms with van der Waals surface area (Å²) in [5, 5.41) is 5.91. The highest BCUT2D eigenvalue weighted by atomic mass is 32.2. The molecule has 0 bridgehead atoms. The monoisotopic (exact) mass is 396 g/mol. The number of carbonyl (C=O) groups is 2. The van der Waals surface area contributed by atoms with E-state index in [2.05, 4.69) is 10.6 Å². The number of thioether (sulfide) groups is 1. The number of halogens is 1. The third-order valence-corrected chi connectivity index (χ3v) is 5.96. The summed E-state index contributed by atoms with van der Waals surface area (Å²) in [6.07, 6.45) is 6.06. The largest absolute Gasteiger partial charge is 0.349 e. The van der Waals surface area contributed by atoms with Gasteiger partial charge in [-0.1, -0.05) is 12.1 Å². The zero-order valence-electron chi connectivity index (χ0n) is 15.3. The maximum Gasteiger partial charge on any atom is 0.251 e. The molecule has 1 heterocycles. The van der Waals surface area contributed by atoms with Crippen LogP contribution in [-0.2, 0) is 4.79 Å². The van der Waals surface area contributed by atoms with Crippen molar-refractivity contribution in [1.82, 2.24) is 10.6 Å². The molecule has 144 valence electrons. The Balaban J connectivity index is 1.37. The molecule has 4 rings (SSSR count). The lowest BCUT2D eigenvalue weighted by Crippen LogP contribution is -2.29. The van der Waals surface area contributed by atoms with E-state index in [1.165, 1.54) is 18.2 Å². The van der Waals surface area contributed by atoms with Gasteiger partial charge in [0.25, 0.3) is 5.91 Å². The molecule has 2 N–H and O–H groups in total. The van der Waals surface area contributed by atoms with E-state index < -0.39 is 0 Å². The number of benzene rings is 2. The van der Waals surface area contributed by atoms with Crippen molar-refractivity contribution in [3.05, 3.63) is 71.0 Å². The highest BCUT2D eigenvalue weighted by molar-refractivity contribution is 7.99. The van der Waals surface area contributed by atoms with Crippen molar-refractivity contribution < 1.29 is 14.0 Å². The molecule has 28 heavy (non-hydrogen) atoms. The van der Waals surface area contributed by atoms with Gasteiger partial charge in [-0.2, -0.15) is 0 Å². The molecule has 0 radical (unpaired) electrons. The summed E-state index contributed by atoms with van der Waals surface area (Å²) in [6, 6.07) is 12.0. The first-order chi connectivity index (χ1) is 13.6. The van der Waals surface area contributed by atoms with Crippen molar-refractivity contribution in [1.29, 1.82) is 0 Å². The van der Waals surface area contributed by atoms with E-state index in [1.54, 1.807) is 36.0 Å². The molecule has 0 spiro atoms. The molecule has 2 aromatic rings. The zero-order chi connectivity index (χ0) is 19.5. The standard InChI is InChI=1S/C22H21FN2O2S/c23-16-6-9-20-18(13-16)19(11-12-28-20)25-21(26)10-3-14-1-4-15(5-2-14)22(27)24-17-7-8-17/h1-6,9-10,13,17,19H,7-8,11-12H2,(H,24,27)(H,25,26)/b10-3+. The number of hydrogen-bond donors (Lipinski definition) is 2. The van der Waals surface area contributed by atoms with Gasteiger partial charge < -0.3 is 10.6 Å². The Kier molecular flexibility index (Phi) is 5.48. The first-order valence-corrected chi connectivity index (χ1v) is 10.4. The Morgan fingerprint density at radius 3 is 2.57 bits per heavy atom. The van der Waals surface area contributed by atoms with Crippen molar-refractivity contribution in [2.45, 2.75) is 36.2 Å². The van der Waals surface area contributed by atoms with Crippen LogP contribution in [0, 0.1) is 5.82 Å². The molecular formula is C22H21FN2O2S. The Morgan fingerprint density at radius 1 is 1.04 bits per heavy atom. The van der Waals surface area contributed by atoms with E-state index in [0.29, 0.717) is 11.6 Å². The number of carbonyl (C=O) groups excluding carboxylic acids is 2. The summed E-state index contributed by atoms with van der Waals surface area (Å²) in [5.74, 6) is 0.318. The number of nitrogens with one attached hydrogen (secondary N) is 2. The first-order valence-electron chi connectivity index (χ1n) is 9.40. The summed E-state index contributed by atoms with van der Waals surface area (Å²) in [7, 11) is 0. The number of hydrogen-bond acceptors (Lipinski definition) is 3. The zero-order valence-corrected chi connectivity index (χ0v) is 16.1. The van der Waals surface area contributed by atoms with Gasteiger partial charge >= 0.3 is 0 Å². The third kappa shape index (κ3) is 4.62. The Labute approximate surface area is 167 Å². The predicted molar refractivity (Wildman–Crippen MR) is 109 cm³/mol. The molecule has 1 aliphatic heterocycles. The third-order valence-electron chi connectivity index (χ3n) is 4.84. The summed E-state index contributed by atoms with van der Waals surface area (Å²) in [6.45, 7) is 0. The van der Waals surface area contributed by atoms with Gasteiger partial charge in [0.1, 0.15) is 5.82 Å².